The Morgan fingerprint density at radius 2 is 2.00 bits per heavy atom. The fourth-order valence-corrected chi connectivity index (χ4v) is 4.79. The zero-order valence-electron chi connectivity index (χ0n) is 9.58. The Morgan fingerprint density at radius 3 is 2.58 bits per heavy atom. The molecular weight excluding hydrogens is 393 g/mol. The Bertz CT molecular complexity index is 709. The standard InChI is InChI=1S/C11H8BrCl2NO2S2/c1-6-5-9(18-11(6)14)19(16,17)15-8-4-2-3-7(13)10(8)12/h2-5,15H,1H3. The fraction of sp³-hybridized carbons (Fsp3) is 0.0909. The molecule has 0 fully saturated rings. The topological polar surface area (TPSA) is 46.2 Å². The molecule has 1 aromatic carbocycles. The molecule has 0 spiro atoms. The maximum Gasteiger partial charge on any atom is 0.271 e. The van der Waals surface area contributed by atoms with Gasteiger partial charge in [-0.15, -0.1) is 11.3 Å². The predicted molar refractivity (Wildman–Crippen MR) is 84.0 cm³/mol. The molecule has 2 rings (SSSR count). The average molecular weight is 401 g/mol. The predicted octanol–water partition coefficient (Wildman–Crippen LogP) is 4.93. The summed E-state index contributed by atoms with van der Waals surface area (Å²) in [6, 6.07) is 6.48. The maximum atomic E-state index is 12.2. The Hall–Kier alpha value is -0.270. The van der Waals surface area contributed by atoms with Crippen molar-refractivity contribution in [3.8, 4) is 0 Å². The van der Waals surface area contributed by atoms with Gasteiger partial charge >= 0.3 is 0 Å². The molecule has 0 saturated heterocycles. The van der Waals surface area contributed by atoms with Crippen molar-refractivity contribution in [1.82, 2.24) is 0 Å². The lowest BCUT2D eigenvalue weighted by atomic mass is 10.3. The second-order valence-electron chi connectivity index (χ2n) is 3.73. The van der Waals surface area contributed by atoms with Crippen molar-refractivity contribution < 1.29 is 8.42 Å². The monoisotopic (exact) mass is 399 g/mol. The largest absolute Gasteiger partial charge is 0.278 e. The van der Waals surface area contributed by atoms with Crippen LogP contribution in [0, 0.1) is 6.92 Å². The van der Waals surface area contributed by atoms with E-state index in [1.54, 1.807) is 25.1 Å². The molecule has 0 bridgehead atoms. The smallest absolute Gasteiger partial charge is 0.271 e. The molecule has 102 valence electrons. The SMILES string of the molecule is Cc1cc(S(=O)(=O)Nc2cccc(Cl)c2Br)sc1Cl. The minimum absolute atomic E-state index is 0.168. The molecule has 0 saturated carbocycles. The molecule has 0 radical (unpaired) electrons. The van der Waals surface area contributed by atoms with E-state index in [2.05, 4.69) is 20.7 Å². The number of hydrogen-bond acceptors (Lipinski definition) is 3. The van der Waals surface area contributed by atoms with Crippen LogP contribution in [0.2, 0.25) is 9.36 Å². The van der Waals surface area contributed by atoms with E-state index in [4.69, 9.17) is 23.2 Å². The van der Waals surface area contributed by atoms with Gasteiger partial charge in [-0.3, -0.25) is 4.72 Å². The van der Waals surface area contributed by atoms with Crippen molar-refractivity contribution >= 4 is 66.2 Å². The van der Waals surface area contributed by atoms with E-state index in [9.17, 15) is 8.42 Å². The van der Waals surface area contributed by atoms with Crippen molar-refractivity contribution in [2.45, 2.75) is 11.1 Å². The second-order valence-corrected chi connectivity index (χ2v) is 8.49. The Kier molecular flexibility index (Phi) is 4.47. The molecule has 0 amide bonds. The van der Waals surface area contributed by atoms with Gasteiger partial charge < -0.3 is 0 Å². The third-order valence-corrected chi connectivity index (χ3v) is 7.09. The van der Waals surface area contributed by atoms with Gasteiger partial charge in [-0.1, -0.05) is 29.3 Å². The lowest BCUT2D eigenvalue weighted by Crippen LogP contribution is -2.11. The summed E-state index contributed by atoms with van der Waals surface area (Å²) in [5.74, 6) is 0. The van der Waals surface area contributed by atoms with E-state index < -0.39 is 10.0 Å². The Labute approximate surface area is 133 Å². The number of hydrogen-bond donors (Lipinski definition) is 1. The number of anilines is 1. The molecule has 0 aliphatic heterocycles. The van der Waals surface area contributed by atoms with Gasteiger partial charge in [0.2, 0.25) is 0 Å². The summed E-state index contributed by atoms with van der Waals surface area (Å²) >= 11 is 16.1. The van der Waals surface area contributed by atoms with E-state index in [1.807, 2.05) is 0 Å². The lowest BCUT2D eigenvalue weighted by molar-refractivity contribution is 0.603. The highest BCUT2D eigenvalue weighted by Crippen LogP contribution is 2.34. The first kappa shape index (κ1) is 15.1. The first-order valence-electron chi connectivity index (χ1n) is 5.04. The van der Waals surface area contributed by atoms with Gasteiger partial charge in [-0.05, 0) is 46.6 Å². The molecule has 0 unspecified atom stereocenters. The summed E-state index contributed by atoms with van der Waals surface area (Å²) in [6.07, 6.45) is 0. The van der Waals surface area contributed by atoms with Crippen LogP contribution in [0.25, 0.3) is 0 Å². The van der Waals surface area contributed by atoms with Gasteiger partial charge in [0.15, 0.2) is 0 Å². The highest BCUT2D eigenvalue weighted by molar-refractivity contribution is 9.10. The van der Waals surface area contributed by atoms with E-state index in [-0.39, 0.29) is 4.21 Å². The molecule has 0 aliphatic carbocycles. The number of aryl methyl sites for hydroxylation is 1. The molecule has 1 heterocycles. The molecule has 0 aliphatic rings. The number of rotatable bonds is 3. The Balaban J connectivity index is 2.39. The van der Waals surface area contributed by atoms with Gasteiger partial charge in [-0.25, -0.2) is 8.42 Å². The van der Waals surface area contributed by atoms with E-state index in [1.165, 1.54) is 6.07 Å². The lowest BCUT2D eigenvalue weighted by Gasteiger charge is -2.08. The van der Waals surface area contributed by atoms with Crippen LogP contribution in [0.5, 0.6) is 0 Å². The summed E-state index contributed by atoms with van der Waals surface area (Å²) < 4.78 is 28.0. The van der Waals surface area contributed by atoms with Crippen LogP contribution in [0.3, 0.4) is 0 Å². The number of benzene rings is 1. The quantitative estimate of drug-likeness (QED) is 0.793. The van der Waals surface area contributed by atoms with Crippen molar-refractivity contribution in [3.05, 3.63) is 43.7 Å². The number of thiophene rings is 1. The van der Waals surface area contributed by atoms with Gasteiger partial charge in [0.25, 0.3) is 10.0 Å². The van der Waals surface area contributed by atoms with Crippen LogP contribution in [0.15, 0.2) is 32.9 Å². The van der Waals surface area contributed by atoms with E-state index in [0.717, 1.165) is 16.9 Å². The van der Waals surface area contributed by atoms with Crippen molar-refractivity contribution in [2.24, 2.45) is 0 Å². The average Bonchev–Trinajstić information content (AvgIpc) is 2.66. The highest BCUT2D eigenvalue weighted by Gasteiger charge is 2.20. The van der Waals surface area contributed by atoms with Gasteiger partial charge in [-0.2, -0.15) is 0 Å². The zero-order valence-corrected chi connectivity index (χ0v) is 14.3. The minimum Gasteiger partial charge on any atom is -0.278 e. The van der Waals surface area contributed by atoms with Gasteiger partial charge in [0.05, 0.1) is 19.5 Å². The number of nitrogens with one attached hydrogen (secondary N) is 1. The summed E-state index contributed by atoms with van der Waals surface area (Å²) in [5.41, 5.74) is 1.12. The molecule has 2 aromatic rings. The zero-order chi connectivity index (χ0) is 14.2. The summed E-state index contributed by atoms with van der Waals surface area (Å²) in [4.78, 5) is 0. The van der Waals surface area contributed by atoms with E-state index in [0.29, 0.717) is 19.5 Å². The molecule has 19 heavy (non-hydrogen) atoms. The van der Waals surface area contributed by atoms with E-state index >= 15 is 0 Å². The fourth-order valence-electron chi connectivity index (χ4n) is 1.34. The van der Waals surface area contributed by atoms with Crippen molar-refractivity contribution in [3.63, 3.8) is 0 Å². The van der Waals surface area contributed by atoms with Crippen LogP contribution in [0.4, 0.5) is 5.69 Å². The van der Waals surface area contributed by atoms with Crippen LogP contribution in [-0.4, -0.2) is 8.42 Å². The van der Waals surface area contributed by atoms with Crippen LogP contribution >= 0.6 is 50.5 Å². The second kappa shape index (κ2) is 5.61. The normalized spacial score (nSPS) is 11.6. The third kappa shape index (κ3) is 3.25. The van der Waals surface area contributed by atoms with Crippen molar-refractivity contribution in [2.75, 3.05) is 4.72 Å². The maximum absolute atomic E-state index is 12.2. The third-order valence-electron chi connectivity index (χ3n) is 2.30. The van der Waals surface area contributed by atoms with Crippen LogP contribution in [-0.2, 0) is 10.0 Å². The first-order chi connectivity index (χ1) is 8.81. The summed E-state index contributed by atoms with van der Waals surface area (Å²) in [6.45, 7) is 1.76. The first-order valence-corrected chi connectivity index (χ1v) is 8.89. The van der Waals surface area contributed by atoms with Gasteiger partial charge in [0.1, 0.15) is 4.21 Å². The molecule has 8 heteroatoms. The van der Waals surface area contributed by atoms with Gasteiger partial charge in [0, 0.05) is 0 Å². The number of halogens is 3. The number of sulfonamides is 1. The molecule has 3 nitrogen and oxygen atoms in total. The van der Waals surface area contributed by atoms with Crippen LogP contribution in [0.1, 0.15) is 5.56 Å². The molecular formula is C11H8BrCl2NO2S2. The van der Waals surface area contributed by atoms with Crippen molar-refractivity contribution in [1.29, 1.82) is 0 Å². The van der Waals surface area contributed by atoms with Crippen LogP contribution < -0.4 is 4.72 Å². The molecule has 1 aromatic heterocycles. The highest BCUT2D eigenvalue weighted by atomic mass is 79.9. The molecule has 1 N–H and O–H groups in total. The summed E-state index contributed by atoms with van der Waals surface area (Å²) in [5, 5.41) is 0.431. The minimum atomic E-state index is -3.66. The molecule has 0 atom stereocenters. The summed E-state index contributed by atoms with van der Waals surface area (Å²) in [7, 11) is -3.66. The Morgan fingerprint density at radius 1 is 1.32 bits per heavy atom.